The maximum absolute atomic E-state index is 2.33. The van der Waals surface area contributed by atoms with Crippen LogP contribution in [0.4, 0.5) is 34.1 Å². The second kappa shape index (κ2) is 10.1. The molecular formula is C34H32N2. The third kappa shape index (κ3) is 5.04. The number of anilines is 6. The normalized spacial score (nSPS) is 10.8. The number of benzene rings is 5. The van der Waals surface area contributed by atoms with Crippen molar-refractivity contribution in [1.29, 1.82) is 0 Å². The minimum Gasteiger partial charge on any atom is -0.310 e. The van der Waals surface area contributed by atoms with Gasteiger partial charge in [-0.15, -0.1) is 0 Å². The van der Waals surface area contributed by atoms with Gasteiger partial charge in [0.1, 0.15) is 0 Å². The first-order valence-corrected chi connectivity index (χ1v) is 12.4. The lowest BCUT2D eigenvalue weighted by Crippen LogP contribution is -2.13. The summed E-state index contributed by atoms with van der Waals surface area (Å²) in [4.78, 5) is 4.66. The predicted molar refractivity (Wildman–Crippen MR) is 155 cm³/mol. The quantitative estimate of drug-likeness (QED) is 0.245. The van der Waals surface area contributed by atoms with Crippen molar-refractivity contribution in [2.45, 2.75) is 27.7 Å². The molecule has 0 radical (unpaired) electrons. The topological polar surface area (TPSA) is 6.48 Å². The van der Waals surface area contributed by atoms with Crippen molar-refractivity contribution < 1.29 is 0 Å². The SMILES string of the molecule is Cc1ccc(N(c2ccc(C)cc2)c2cccc(N(c3ccc(C)cc3)c3cccc(C)c3)c2)cc1. The summed E-state index contributed by atoms with van der Waals surface area (Å²) in [7, 11) is 0. The fourth-order valence-electron chi connectivity index (χ4n) is 4.51. The van der Waals surface area contributed by atoms with E-state index in [0.717, 1.165) is 34.1 Å². The van der Waals surface area contributed by atoms with Crippen molar-refractivity contribution in [2.75, 3.05) is 9.80 Å². The average molecular weight is 469 g/mol. The van der Waals surface area contributed by atoms with Crippen LogP contribution in [0.25, 0.3) is 0 Å². The van der Waals surface area contributed by atoms with Crippen molar-refractivity contribution in [3.63, 3.8) is 0 Å². The number of nitrogens with zero attached hydrogens (tertiary/aromatic N) is 2. The molecule has 178 valence electrons. The third-order valence-electron chi connectivity index (χ3n) is 6.48. The molecule has 0 spiro atoms. The van der Waals surface area contributed by atoms with E-state index in [1.807, 2.05) is 0 Å². The number of aryl methyl sites for hydroxylation is 4. The Hall–Kier alpha value is -4.30. The molecule has 0 aromatic heterocycles. The van der Waals surface area contributed by atoms with Gasteiger partial charge in [0.2, 0.25) is 0 Å². The van der Waals surface area contributed by atoms with Crippen LogP contribution >= 0.6 is 0 Å². The lowest BCUT2D eigenvalue weighted by atomic mass is 10.1. The molecule has 0 aliphatic heterocycles. The molecule has 0 N–H and O–H groups in total. The molecule has 0 bridgehead atoms. The molecule has 0 saturated heterocycles. The zero-order chi connectivity index (χ0) is 25.1. The van der Waals surface area contributed by atoms with Crippen LogP contribution in [0.3, 0.4) is 0 Å². The minimum absolute atomic E-state index is 1.12. The number of rotatable bonds is 6. The first kappa shape index (κ1) is 23.4. The van der Waals surface area contributed by atoms with E-state index in [1.54, 1.807) is 0 Å². The van der Waals surface area contributed by atoms with Gasteiger partial charge in [0.15, 0.2) is 0 Å². The molecule has 0 atom stereocenters. The van der Waals surface area contributed by atoms with Crippen LogP contribution in [-0.2, 0) is 0 Å². The zero-order valence-corrected chi connectivity index (χ0v) is 21.4. The van der Waals surface area contributed by atoms with Gasteiger partial charge in [0, 0.05) is 34.1 Å². The molecule has 5 aromatic rings. The van der Waals surface area contributed by atoms with Crippen LogP contribution in [0.5, 0.6) is 0 Å². The molecule has 5 rings (SSSR count). The van der Waals surface area contributed by atoms with E-state index in [4.69, 9.17) is 0 Å². The zero-order valence-electron chi connectivity index (χ0n) is 21.4. The van der Waals surface area contributed by atoms with Gasteiger partial charge < -0.3 is 9.80 Å². The van der Waals surface area contributed by atoms with E-state index in [9.17, 15) is 0 Å². The summed E-state index contributed by atoms with van der Waals surface area (Å²) in [5.74, 6) is 0. The fraction of sp³-hybridized carbons (Fsp3) is 0.118. The lowest BCUT2D eigenvalue weighted by Gasteiger charge is -2.29. The van der Waals surface area contributed by atoms with Crippen molar-refractivity contribution in [1.82, 2.24) is 0 Å². The summed E-state index contributed by atoms with van der Waals surface area (Å²) >= 11 is 0. The van der Waals surface area contributed by atoms with Crippen LogP contribution in [0.15, 0.2) is 121 Å². The fourth-order valence-corrected chi connectivity index (χ4v) is 4.51. The molecule has 0 amide bonds. The molecule has 0 aliphatic rings. The van der Waals surface area contributed by atoms with Crippen molar-refractivity contribution in [3.05, 3.63) is 144 Å². The van der Waals surface area contributed by atoms with E-state index < -0.39 is 0 Å². The molecule has 2 nitrogen and oxygen atoms in total. The van der Waals surface area contributed by atoms with Gasteiger partial charge in [0.05, 0.1) is 0 Å². The van der Waals surface area contributed by atoms with E-state index in [1.165, 1.54) is 22.3 Å². The van der Waals surface area contributed by atoms with Crippen LogP contribution in [0, 0.1) is 27.7 Å². The van der Waals surface area contributed by atoms with Crippen molar-refractivity contribution >= 4 is 34.1 Å². The van der Waals surface area contributed by atoms with E-state index in [0.29, 0.717) is 0 Å². The van der Waals surface area contributed by atoms with E-state index in [-0.39, 0.29) is 0 Å². The lowest BCUT2D eigenvalue weighted by molar-refractivity contribution is 1.24. The molecule has 0 unspecified atom stereocenters. The highest BCUT2D eigenvalue weighted by molar-refractivity contribution is 5.83. The smallest absolute Gasteiger partial charge is 0.0482 e. The molecule has 0 aliphatic carbocycles. The molecule has 0 saturated carbocycles. The van der Waals surface area contributed by atoms with E-state index in [2.05, 4.69) is 159 Å². The van der Waals surface area contributed by atoms with Gasteiger partial charge in [-0.1, -0.05) is 71.3 Å². The Labute approximate surface area is 215 Å². The van der Waals surface area contributed by atoms with Gasteiger partial charge in [-0.3, -0.25) is 0 Å². The maximum Gasteiger partial charge on any atom is 0.0482 e. The van der Waals surface area contributed by atoms with Crippen LogP contribution in [0.2, 0.25) is 0 Å². The van der Waals surface area contributed by atoms with Crippen molar-refractivity contribution in [2.24, 2.45) is 0 Å². The third-order valence-corrected chi connectivity index (χ3v) is 6.48. The minimum atomic E-state index is 1.12. The Morgan fingerprint density at radius 1 is 0.306 bits per heavy atom. The highest BCUT2D eigenvalue weighted by atomic mass is 15.2. The van der Waals surface area contributed by atoms with E-state index >= 15 is 0 Å². The maximum atomic E-state index is 2.33. The van der Waals surface area contributed by atoms with Gasteiger partial charge in [-0.2, -0.15) is 0 Å². The highest BCUT2D eigenvalue weighted by Crippen LogP contribution is 2.40. The Morgan fingerprint density at radius 2 is 0.639 bits per heavy atom. The summed E-state index contributed by atoms with van der Waals surface area (Å²) < 4.78 is 0. The van der Waals surface area contributed by atoms with Crippen LogP contribution < -0.4 is 9.80 Å². The van der Waals surface area contributed by atoms with Crippen LogP contribution in [0.1, 0.15) is 22.3 Å². The second-order valence-electron chi connectivity index (χ2n) is 9.54. The van der Waals surface area contributed by atoms with Crippen molar-refractivity contribution in [3.8, 4) is 0 Å². The average Bonchev–Trinajstić information content (AvgIpc) is 2.88. The number of hydrogen-bond acceptors (Lipinski definition) is 2. The summed E-state index contributed by atoms with van der Waals surface area (Å²) in [6.07, 6.45) is 0. The monoisotopic (exact) mass is 468 g/mol. The highest BCUT2D eigenvalue weighted by Gasteiger charge is 2.17. The summed E-state index contributed by atoms with van der Waals surface area (Å²) in [5.41, 5.74) is 11.8. The molecular weight excluding hydrogens is 436 g/mol. The number of hydrogen-bond donors (Lipinski definition) is 0. The predicted octanol–water partition coefficient (Wildman–Crippen LogP) is 9.86. The van der Waals surface area contributed by atoms with Gasteiger partial charge in [-0.05, 0) is 100.0 Å². The first-order valence-electron chi connectivity index (χ1n) is 12.4. The molecule has 0 fully saturated rings. The van der Waals surface area contributed by atoms with Gasteiger partial charge in [0.25, 0.3) is 0 Å². The second-order valence-corrected chi connectivity index (χ2v) is 9.54. The molecule has 5 aromatic carbocycles. The Bertz CT molecular complexity index is 1400. The molecule has 0 heterocycles. The Kier molecular flexibility index (Phi) is 6.60. The largest absolute Gasteiger partial charge is 0.310 e. The van der Waals surface area contributed by atoms with Gasteiger partial charge in [-0.25, -0.2) is 0 Å². The van der Waals surface area contributed by atoms with Gasteiger partial charge >= 0.3 is 0 Å². The standard InChI is InChI=1S/C34H32N2/c1-25-11-17-29(18-12-25)35(30-19-13-26(2)14-20-30)33-9-6-10-34(24-33)36(31-21-15-27(3)16-22-31)32-8-5-7-28(4)23-32/h5-24H,1-4H3. The Morgan fingerprint density at radius 3 is 1.03 bits per heavy atom. The summed E-state index contributed by atoms with van der Waals surface area (Å²) in [5, 5.41) is 0. The molecule has 36 heavy (non-hydrogen) atoms. The summed E-state index contributed by atoms with van der Waals surface area (Å²) in [6.45, 7) is 8.52. The summed E-state index contributed by atoms with van der Waals surface area (Å²) in [6, 6.07) is 43.7. The molecule has 2 heteroatoms. The Balaban J connectivity index is 1.66. The first-order chi connectivity index (χ1) is 17.5. The van der Waals surface area contributed by atoms with Crippen LogP contribution in [-0.4, -0.2) is 0 Å².